The van der Waals surface area contributed by atoms with E-state index in [9.17, 15) is 4.79 Å². The quantitative estimate of drug-likeness (QED) is 0.746. The lowest BCUT2D eigenvalue weighted by Gasteiger charge is -2.08. The Labute approximate surface area is 134 Å². The van der Waals surface area contributed by atoms with E-state index in [2.05, 4.69) is 27.4 Å². The van der Waals surface area contributed by atoms with Gasteiger partial charge in [0.1, 0.15) is 5.75 Å². The molecule has 0 aliphatic heterocycles. The van der Waals surface area contributed by atoms with Crippen LogP contribution in [0.15, 0.2) is 28.7 Å². The molecule has 112 valence electrons. The summed E-state index contributed by atoms with van der Waals surface area (Å²) >= 11 is 3.45. The molecule has 1 aromatic heterocycles. The molecule has 0 atom stereocenters. The first-order valence-electron chi connectivity index (χ1n) is 7.03. The van der Waals surface area contributed by atoms with Gasteiger partial charge in [-0.2, -0.15) is 0 Å². The van der Waals surface area contributed by atoms with Crippen LogP contribution in [-0.4, -0.2) is 17.0 Å². The number of ketones is 1. The van der Waals surface area contributed by atoms with Gasteiger partial charge in [-0.1, -0.05) is 15.9 Å². The van der Waals surface area contributed by atoms with Crippen molar-refractivity contribution >= 4 is 21.7 Å². The van der Waals surface area contributed by atoms with E-state index in [4.69, 9.17) is 4.74 Å². The van der Waals surface area contributed by atoms with E-state index in [-0.39, 0.29) is 12.4 Å². The Balaban J connectivity index is 2.10. The van der Waals surface area contributed by atoms with Crippen LogP contribution in [0.1, 0.15) is 34.2 Å². The van der Waals surface area contributed by atoms with Crippen LogP contribution in [-0.2, 0) is 6.54 Å². The van der Waals surface area contributed by atoms with E-state index in [0.29, 0.717) is 5.75 Å². The van der Waals surface area contributed by atoms with Gasteiger partial charge in [-0.05, 0) is 57.5 Å². The second kappa shape index (κ2) is 6.48. The third-order valence-corrected chi connectivity index (χ3v) is 4.58. The maximum Gasteiger partial charge on any atom is 0.202 e. The van der Waals surface area contributed by atoms with Crippen molar-refractivity contribution in [2.24, 2.45) is 0 Å². The molecule has 0 spiro atoms. The number of hydrogen-bond acceptors (Lipinski definition) is 2. The van der Waals surface area contributed by atoms with E-state index in [1.165, 1.54) is 0 Å². The number of rotatable bonds is 5. The fourth-order valence-electron chi connectivity index (χ4n) is 2.50. The van der Waals surface area contributed by atoms with E-state index >= 15 is 0 Å². The van der Waals surface area contributed by atoms with Gasteiger partial charge in [-0.25, -0.2) is 0 Å². The highest BCUT2D eigenvalue weighted by Gasteiger charge is 2.15. The topological polar surface area (TPSA) is 31.2 Å². The van der Waals surface area contributed by atoms with Crippen LogP contribution in [0.25, 0.3) is 0 Å². The van der Waals surface area contributed by atoms with Gasteiger partial charge in [0.15, 0.2) is 6.61 Å². The minimum Gasteiger partial charge on any atom is -0.485 e. The molecule has 2 aromatic rings. The fraction of sp³-hybridized carbons (Fsp3) is 0.353. The molecule has 3 nitrogen and oxygen atoms in total. The van der Waals surface area contributed by atoms with Crippen LogP contribution in [0, 0.1) is 20.8 Å². The highest BCUT2D eigenvalue weighted by molar-refractivity contribution is 9.10. The molecule has 0 fully saturated rings. The lowest BCUT2D eigenvalue weighted by atomic mass is 10.1. The predicted octanol–water partition coefficient (Wildman–Crippen LogP) is 4.46. The molecule has 1 aromatic carbocycles. The Morgan fingerprint density at radius 1 is 1.24 bits per heavy atom. The average molecular weight is 350 g/mol. The lowest BCUT2D eigenvalue weighted by molar-refractivity contribution is 0.0920. The first-order chi connectivity index (χ1) is 9.93. The zero-order valence-corrected chi connectivity index (χ0v) is 14.5. The van der Waals surface area contributed by atoms with E-state index in [0.717, 1.165) is 33.5 Å². The Morgan fingerprint density at radius 2 is 1.95 bits per heavy atom. The van der Waals surface area contributed by atoms with Crippen LogP contribution >= 0.6 is 15.9 Å². The third-order valence-electron chi connectivity index (χ3n) is 3.69. The van der Waals surface area contributed by atoms with Gasteiger partial charge in [-0.3, -0.25) is 4.79 Å². The molecular weight excluding hydrogens is 330 g/mol. The van der Waals surface area contributed by atoms with Gasteiger partial charge < -0.3 is 9.30 Å². The van der Waals surface area contributed by atoms with Crippen molar-refractivity contribution in [2.45, 2.75) is 34.2 Å². The van der Waals surface area contributed by atoms with Crippen molar-refractivity contribution in [3.05, 3.63) is 51.3 Å². The number of benzene rings is 1. The molecule has 1 heterocycles. The molecule has 0 bridgehead atoms. The summed E-state index contributed by atoms with van der Waals surface area (Å²) in [6.07, 6.45) is 0. The molecule has 0 radical (unpaired) electrons. The van der Waals surface area contributed by atoms with Gasteiger partial charge >= 0.3 is 0 Å². The van der Waals surface area contributed by atoms with Gasteiger partial charge in [0, 0.05) is 28.0 Å². The highest BCUT2D eigenvalue weighted by atomic mass is 79.9. The minimum atomic E-state index is 0.0170. The van der Waals surface area contributed by atoms with Crippen LogP contribution in [0.5, 0.6) is 5.75 Å². The number of ether oxygens (including phenoxy) is 1. The van der Waals surface area contributed by atoms with Crippen molar-refractivity contribution in [3.63, 3.8) is 0 Å². The summed E-state index contributed by atoms with van der Waals surface area (Å²) in [5.41, 5.74) is 3.96. The van der Waals surface area contributed by atoms with E-state index in [1.807, 2.05) is 45.0 Å². The summed E-state index contributed by atoms with van der Waals surface area (Å²) in [6, 6.07) is 7.65. The molecular formula is C17H20BrNO2. The molecule has 0 unspecified atom stereocenters. The Bertz CT molecular complexity index is 674. The van der Waals surface area contributed by atoms with Gasteiger partial charge in [0.05, 0.1) is 0 Å². The first kappa shape index (κ1) is 15.8. The number of Topliss-reactive ketones (excluding diaryl/α,β-unsaturated/α-hetero) is 1. The Kier molecular flexibility index (Phi) is 4.88. The number of nitrogens with zero attached hydrogens (tertiary/aromatic N) is 1. The number of halogens is 1. The second-order valence-electron chi connectivity index (χ2n) is 5.15. The van der Waals surface area contributed by atoms with Crippen LogP contribution < -0.4 is 4.74 Å². The number of aryl methyl sites for hydroxylation is 2. The smallest absolute Gasteiger partial charge is 0.202 e. The molecule has 4 heteroatoms. The molecule has 21 heavy (non-hydrogen) atoms. The molecule has 2 rings (SSSR count). The Morgan fingerprint density at radius 3 is 2.52 bits per heavy atom. The molecule has 0 amide bonds. The summed E-state index contributed by atoms with van der Waals surface area (Å²) in [4.78, 5) is 12.3. The summed E-state index contributed by atoms with van der Waals surface area (Å²) in [5.74, 6) is 0.733. The van der Waals surface area contributed by atoms with Crippen molar-refractivity contribution in [1.82, 2.24) is 4.57 Å². The minimum absolute atomic E-state index is 0.0170. The second-order valence-corrected chi connectivity index (χ2v) is 6.01. The highest BCUT2D eigenvalue weighted by Crippen LogP contribution is 2.22. The summed E-state index contributed by atoms with van der Waals surface area (Å²) in [7, 11) is 0. The average Bonchev–Trinajstić information content (AvgIpc) is 2.74. The first-order valence-corrected chi connectivity index (χ1v) is 7.82. The maximum absolute atomic E-state index is 12.3. The lowest BCUT2D eigenvalue weighted by Crippen LogP contribution is -2.13. The van der Waals surface area contributed by atoms with E-state index in [1.54, 1.807) is 0 Å². The Hall–Kier alpha value is -1.55. The fourth-order valence-corrected chi connectivity index (χ4v) is 2.75. The normalized spacial score (nSPS) is 10.7. The molecule has 0 N–H and O–H groups in total. The number of carbonyl (C=O) groups excluding carboxylic acids is 1. The zero-order valence-electron chi connectivity index (χ0n) is 12.9. The van der Waals surface area contributed by atoms with E-state index < -0.39 is 0 Å². The number of carbonyl (C=O) groups is 1. The number of aromatic nitrogens is 1. The van der Waals surface area contributed by atoms with Crippen molar-refractivity contribution in [3.8, 4) is 5.75 Å². The summed E-state index contributed by atoms with van der Waals surface area (Å²) in [6.45, 7) is 9.01. The molecule has 0 aliphatic rings. The van der Waals surface area contributed by atoms with Crippen molar-refractivity contribution < 1.29 is 9.53 Å². The predicted molar refractivity (Wildman–Crippen MR) is 88.3 cm³/mol. The van der Waals surface area contributed by atoms with Crippen molar-refractivity contribution in [1.29, 1.82) is 0 Å². The molecule has 0 saturated heterocycles. The van der Waals surface area contributed by atoms with Gasteiger partial charge in [0.25, 0.3) is 0 Å². The summed E-state index contributed by atoms with van der Waals surface area (Å²) < 4.78 is 8.79. The zero-order chi connectivity index (χ0) is 15.6. The largest absolute Gasteiger partial charge is 0.485 e. The summed E-state index contributed by atoms with van der Waals surface area (Å²) in [5, 5.41) is 0. The molecule has 0 aliphatic carbocycles. The monoisotopic (exact) mass is 349 g/mol. The number of hydrogen-bond donors (Lipinski definition) is 0. The van der Waals surface area contributed by atoms with Gasteiger partial charge in [-0.15, -0.1) is 0 Å². The third kappa shape index (κ3) is 3.38. The standard InChI is InChI=1S/C17H20BrNO2/c1-5-19-12(3)9-15(13(19)4)17(20)10-21-14-6-7-16(18)11(2)8-14/h6-9H,5,10H2,1-4H3. The van der Waals surface area contributed by atoms with Gasteiger partial charge in [0.2, 0.25) is 5.78 Å². The molecule has 0 saturated carbocycles. The van der Waals surface area contributed by atoms with Crippen molar-refractivity contribution in [2.75, 3.05) is 6.61 Å². The van der Waals surface area contributed by atoms with Crippen LogP contribution in [0.4, 0.5) is 0 Å². The van der Waals surface area contributed by atoms with Crippen LogP contribution in [0.2, 0.25) is 0 Å². The van der Waals surface area contributed by atoms with Crippen LogP contribution in [0.3, 0.4) is 0 Å². The maximum atomic E-state index is 12.3. The SMILES string of the molecule is CCn1c(C)cc(C(=O)COc2ccc(Br)c(C)c2)c1C.